The van der Waals surface area contributed by atoms with Crippen LogP contribution in [-0.2, 0) is 0 Å². The number of halogens is 1. The number of Topliss-reactive ketones (excluding diaryl/α,β-unsaturated/α-hetero) is 1. The number of rotatable bonds is 6. The maximum absolute atomic E-state index is 12.6. The summed E-state index contributed by atoms with van der Waals surface area (Å²) < 4.78 is 10.9. The lowest BCUT2D eigenvalue weighted by Crippen LogP contribution is -2.20. The number of carbonyl (C=O) groups is 1. The van der Waals surface area contributed by atoms with Crippen molar-refractivity contribution in [2.75, 3.05) is 14.2 Å². The second-order valence-electron chi connectivity index (χ2n) is 6.00. The number of benzene rings is 2. The molecule has 3 rings (SSSR count). The number of nitro benzene ring substituents is 1. The Morgan fingerprint density at radius 2 is 1.83 bits per heavy atom. The van der Waals surface area contributed by atoms with Crippen molar-refractivity contribution < 1.29 is 19.2 Å². The summed E-state index contributed by atoms with van der Waals surface area (Å²) in [4.78, 5) is 37.9. The largest absolute Gasteiger partial charge is 0.497 e. The predicted octanol–water partition coefficient (Wildman–Crippen LogP) is 2.51. The highest BCUT2D eigenvalue weighted by atomic mass is 35.5. The Kier molecular flexibility index (Phi) is 6.34. The van der Waals surface area contributed by atoms with Crippen molar-refractivity contribution in [3.63, 3.8) is 0 Å². The molecule has 3 aromatic rings. The van der Waals surface area contributed by atoms with Gasteiger partial charge in [0.05, 0.1) is 28.3 Å². The molecular weight excluding hydrogens is 432 g/mol. The van der Waals surface area contributed by atoms with E-state index < -0.39 is 10.5 Å². The molecule has 0 aliphatic rings. The number of thiazole rings is 1. The molecule has 0 saturated heterocycles. The molecule has 0 unspecified atom stereocenters. The van der Waals surface area contributed by atoms with E-state index in [1.54, 1.807) is 18.2 Å². The first kappa shape index (κ1) is 21.3. The second-order valence-corrected chi connectivity index (χ2v) is 7.49. The van der Waals surface area contributed by atoms with Gasteiger partial charge in [0.1, 0.15) is 11.5 Å². The summed E-state index contributed by atoms with van der Waals surface area (Å²) in [6.45, 7) is 0. The average molecular weight is 447 g/mol. The molecule has 0 fully saturated rings. The summed E-state index contributed by atoms with van der Waals surface area (Å²) >= 11 is 7.11. The van der Waals surface area contributed by atoms with Crippen molar-refractivity contribution in [1.82, 2.24) is 4.98 Å². The molecule has 0 aliphatic carbocycles. The minimum Gasteiger partial charge on any atom is -0.497 e. The zero-order valence-corrected chi connectivity index (χ0v) is 17.4. The molecule has 1 aromatic heterocycles. The van der Waals surface area contributed by atoms with Crippen molar-refractivity contribution in [2.24, 2.45) is 0 Å². The molecule has 2 aromatic carbocycles. The zero-order valence-electron chi connectivity index (χ0n) is 15.8. The number of ether oxygens (including phenoxy) is 2. The Morgan fingerprint density at radius 1 is 1.17 bits per heavy atom. The number of aromatic amines is 1. The van der Waals surface area contributed by atoms with Crippen LogP contribution in [0.5, 0.6) is 11.5 Å². The maximum atomic E-state index is 12.6. The van der Waals surface area contributed by atoms with Gasteiger partial charge in [0.25, 0.3) is 11.2 Å². The van der Waals surface area contributed by atoms with Gasteiger partial charge in [-0.1, -0.05) is 11.6 Å². The minimum atomic E-state index is -0.549. The van der Waals surface area contributed by atoms with Gasteiger partial charge < -0.3 is 14.5 Å². The van der Waals surface area contributed by atoms with Gasteiger partial charge in [0.15, 0.2) is 5.78 Å². The SMILES string of the molecule is COc1cc(OC)cc(C(=O)/C=c2\[nH]c(=O)/c(=C\c3cc([N+](=O)[O-])ccc3Cl)s2)c1. The smallest absolute Gasteiger partial charge is 0.270 e. The fourth-order valence-corrected chi connectivity index (χ4v) is 3.62. The van der Waals surface area contributed by atoms with Crippen LogP contribution in [0.4, 0.5) is 5.69 Å². The maximum Gasteiger partial charge on any atom is 0.270 e. The molecule has 154 valence electrons. The number of methoxy groups -OCH3 is 2. The van der Waals surface area contributed by atoms with Gasteiger partial charge in [-0.05, 0) is 24.3 Å². The van der Waals surface area contributed by atoms with Gasteiger partial charge in [-0.25, -0.2) is 0 Å². The van der Waals surface area contributed by atoms with Crippen LogP contribution in [0.15, 0.2) is 41.2 Å². The molecule has 0 amide bonds. The van der Waals surface area contributed by atoms with Crippen LogP contribution in [0, 0.1) is 10.1 Å². The van der Waals surface area contributed by atoms with Crippen molar-refractivity contribution in [1.29, 1.82) is 0 Å². The Labute approximate surface area is 178 Å². The number of carbonyl (C=O) groups excluding carboxylic acids is 1. The molecule has 0 atom stereocenters. The number of aromatic nitrogens is 1. The molecule has 0 radical (unpaired) electrons. The number of ketones is 1. The fraction of sp³-hybridized carbons (Fsp3) is 0.100. The molecule has 0 spiro atoms. The van der Waals surface area contributed by atoms with Gasteiger partial charge >= 0.3 is 0 Å². The number of nitro groups is 1. The van der Waals surface area contributed by atoms with Crippen LogP contribution in [0.3, 0.4) is 0 Å². The highest BCUT2D eigenvalue weighted by Gasteiger charge is 2.10. The molecule has 1 N–H and O–H groups in total. The lowest BCUT2D eigenvalue weighted by molar-refractivity contribution is -0.384. The van der Waals surface area contributed by atoms with Gasteiger partial charge in [-0.3, -0.25) is 19.7 Å². The monoisotopic (exact) mass is 446 g/mol. The Bertz CT molecular complexity index is 1290. The third-order valence-corrected chi connectivity index (χ3v) is 5.36. The first-order valence-corrected chi connectivity index (χ1v) is 9.64. The number of hydrogen-bond donors (Lipinski definition) is 1. The van der Waals surface area contributed by atoms with Crippen LogP contribution in [-0.4, -0.2) is 29.9 Å². The summed E-state index contributed by atoms with van der Waals surface area (Å²) in [5.41, 5.74) is 0.0683. The number of nitrogens with one attached hydrogen (secondary N) is 1. The minimum absolute atomic E-state index is 0.146. The van der Waals surface area contributed by atoms with E-state index >= 15 is 0 Å². The van der Waals surface area contributed by atoms with Gasteiger partial charge in [0.2, 0.25) is 0 Å². The van der Waals surface area contributed by atoms with E-state index in [0.29, 0.717) is 27.3 Å². The lowest BCUT2D eigenvalue weighted by atomic mass is 10.1. The van der Waals surface area contributed by atoms with Crippen LogP contribution in [0.1, 0.15) is 15.9 Å². The van der Waals surface area contributed by atoms with Crippen LogP contribution in [0.25, 0.3) is 12.2 Å². The summed E-state index contributed by atoms with van der Waals surface area (Å²) in [5.74, 6) is 0.560. The first-order chi connectivity index (χ1) is 14.3. The van der Waals surface area contributed by atoms with E-state index in [1.807, 2.05) is 0 Å². The van der Waals surface area contributed by atoms with Crippen LogP contribution >= 0.6 is 22.9 Å². The lowest BCUT2D eigenvalue weighted by Gasteiger charge is -2.06. The summed E-state index contributed by atoms with van der Waals surface area (Å²) in [6.07, 6.45) is 2.72. The van der Waals surface area contributed by atoms with E-state index in [1.165, 1.54) is 44.6 Å². The van der Waals surface area contributed by atoms with Gasteiger partial charge in [0, 0.05) is 40.4 Å². The fourth-order valence-electron chi connectivity index (χ4n) is 2.57. The first-order valence-electron chi connectivity index (χ1n) is 8.44. The van der Waals surface area contributed by atoms with Crippen molar-refractivity contribution in [3.8, 4) is 11.5 Å². The molecular formula is C20H15ClN2O6S. The number of H-pyrrole nitrogens is 1. The highest BCUT2D eigenvalue weighted by Crippen LogP contribution is 2.23. The quantitative estimate of drug-likeness (QED) is 0.354. The third kappa shape index (κ3) is 4.76. The van der Waals surface area contributed by atoms with Gasteiger partial charge in [-0.15, -0.1) is 11.3 Å². The third-order valence-electron chi connectivity index (χ3n) is 4.06. The van der Waals surface area contributed by atoms with E-state index in [9.17, 15) is 19.7 Å². The average Bonchev–Trinajstić information content (AvgIpc) is 3.07. The topological polar surface area (TPSA) is 112 Å². The van der Waals surface area contributed by atoms with Gasteiger partial charge in [-0.2, -0.15) is 0 Å². The number of hydrogen-bond acceptors (Lipinski definition) is 7. The molecule has 0 aliphatic heterocycles. The molecule has 8 nitrogen and oxygen atoms in total. The molecule has 0 bridgehead atoms. The standard InChI is InChI=1S/C20H15ClN2O6S/c1-28-14-6-12(7-15(9-14)29-2)17(24)10-19-22-20(25)18(30-19)8-11-5-13(23(26)27)3-4-16(11)21/h3-10H,1-2H3,(H,22,25)/b18-8+,19-10+. The normalized spacial score (nSPS) is 12.1. The van der Waals surface area contributed by atoms with E-state index in [2.05, 4.69) is 4.98 Å². The zero-order chi connectivity index (χ0) is 21.8. The summed E-state index contributed by atoms with van der Waals surface area (Å²) in [5, 5.41) is 11.2. The molecule has 30 heavy (non-hydrogen) atoms. The van der Waals surface area contributed by atoms with Crippen molar-refractivity contribution >= 4 is 46.6 Å². The Balaban J connectivity index is 2.03. The van der Waals surface area contributed by atoms with Crippen molar-refractivity contribution in [3.05, 3.63) is 82.2 Å². The Morgan fingerprint density at radius 3 is 2.43 bits per heavy atom. The highest BCUT2D eigenvalue weighted by molar-refractivity contribution is 7.07. The number of nitrogens with zero attached hydrogens (tertiary/aromatic N) is 1. The molecule has 1 heterocycles. The van der Waals surface area contributed by atoms with E-state index in [-0.39, 0.29) is 21.0 Å². The summed E-state index contributed by atoms with van der Waals surface area (Å²) in [7, 11) is 2.95. The second kappa shape index (κ2) is 8.93. The Hall–Kier alpha value is -3.43. The predicted molar refractivity (Wildman–Crippen MR) is 114 cm³/mol. The summed E-state index contributed by atoms with van der Waals surface area (Å²) in [6, 6.07) is 8.70. The molecule has 10 heteroatoms. The number of non-ortho nitro benzene ring substituents is 1. The van der Waals surface area contributed by atoms with Crippen LogP contribution < -0.4 is 24.2 Å². The molecule has 0 saturated carbocycles. The van der Waals surface area contributed by atoms with E-state index in [0.717, 1.165) is 11.3 Å². The van der Waals surface area contributed by atoms with Crippen LogP contribution in [0.2, 0.25) is 5.02 Å². The van der Waals surface area contributed by atoms with E-state index in [4.69, 9.17) is 21.1 Å². The van der Waals surface area contributed by atoms with Crippen molar-refractivity contribution in [2.45, 2.75) is 0 Å².